The molecule has 0 amide bonds. The highest BCUT2D eigenvalue weighted by atomic mass is 19.1. The molecule has 0 aliphatic carbocycles. The van der Waals surface area contributed by atoms with Gasteiger partial charge in [0.15, 0.2) is 5.78 Å². The number of carbonyl (C=O) groups excluding carboxylic acids is 1. The Labute approximate surface area is 185 Å². The van der Waals surface area contributed by atoms with E-state index in [-0.39, 0.29) is 5.78 Å². The van der Waals surface area contributed by atoms with Crippen molar-refractivity contribution in [3.05, 3.63) is 107 Å². The topological polar surface area (TPSA) is 67.9 Å². The van der Waals surface area contributed by atoms with Gasteiger partial charge in [0.25, 0.3) is 0 Å². The minimum absolute atomic E-state index is 0.147. The lowest BCUT2D eigenvalue weighted by Gasteiger charge is -2.37. The van der Waals surface area contributed by atoms with Crippen LogP contribution in [0.5, 0.6) is 0 Å². The number of nitrogens with zero attached hydrogens (tertiary/aromatic N) is 3. The molecule has 0 saturated carbocycles. The van der Waals surface area contributed by atoms with Crippen LogP contribution in [0.1, 0.15) is 27.4 Å². The van der Waals surface area contributed by atoms with Crippen LogP contribution in [0.3, 0.4) is 0 Å². The van der Waals surface area contributed by atoms with Crippen molar-refractivity contribution < 1.29 is 9.18 Å². The van der Waals surface area contributed by atoms with Crippen LogP contribution in [-0.4, -0.2) is 17.4 Å². The molecule has 3 aromatic carbocycles. The van der Waals surface area contributed by atoms with Gasteiger partial charge in [-0.15, -0.1) is 0 Å². The van der Waals surface area contributed by atoms with Gasteiger partial charge >= 0.3 is 0 Å². The van der Waals surface area contributed by atoms with Crippen LogP contribution < -0.4 is 4.90 Å². The van der Waals surface area contributed by atoms with Crippen molar-refractivity contribution >= 4 is 17.5 Å². The van der Waals surface area contributed by atoms with Crippen molar-refractivity contribution in [2.45, 2.75) is 17.5 Å². The lowest BCUT2D eigenvalue weighted by atomic mass is 9.72. The summed E-state index contributed by atoms with van der Waals surface area (Å²) in [4.78, 5) is 15.6. The minimum atomic E-state index is -1.64. The van der Waals surface area contributed by atoms with Crippen LogP contribution in [0.25, 0.3) is 6.08 Å². The zero-order valence-electron chi connectivity index (χ0n) is 17.0. The monoisotopic (exact) mass is 419 g/mol. The molecule has 1 fully saturated rings. The lowest BCUT2D eigenvalue weighted by Crippen LogP contribution is -2.48. The fourth-order valence-electron chi connectivity index (χ4n) is 5.10. The summed E-state index contributed by atoms with van der Waals surface area (Å²) < 4.78 is 13.7. The van der Waals surface area contributed by atoms with Gasteiger partial charge in [-0.25, -0.2) is 4.39 Å². The second-order valence-electron chi connectivity index (χ2n) is 8.05. The number of anilines is 1. The second kappa shape index (κ2) is 7.48. The number of para-hydroxylation sites is 1. The molecule has 2 heterocycles. The Morgan fingerprint density at radius 2 is 1.56 bits per heavy atom. The number of Topliss-reactive ketones (excluding diaryl/α,β-unsaturated/α-hetero) is 1. The van der Waals surface area contributed by atoms with Crippen molar-refractivity contribution in [3.8, 4) is 12.1 Å². The summed E-state index contributed by atoms with van der Waals surface area (Å²) in [6, 6.07) is 26.2. The molecule has 2 aliphatic heterocycles. The average Bonchev–Trinajstić information content (AvgIpc) is 3.15. The normalized spacial score (nSPS) is 22.3. The molecule has 5 rings (SSSR count). The Morgan fingerprint density at radius 1 is 0.906 bits per heavy atom. The highest BCUT2D eigenvalue weighted by Gasteiger charge is 2.63. The summed E-state index contributed by atoms with van der Waals surface area (Å²) in [5, 5.41) is 20.8. The molecule has 0 aromatic heterocycles. The van der Waals surface area contributed by atoms with E-state index in [0.29, 0.717) is 11.1 Å². The first-order valence-electron chi connectivity index (χ1n) is 10.3. The summed E-state index contributed by atoms with van der Waals surface area (Å²) in [5.41, 5.74) is 1.08. The van der Waals surface area contributed by atoms with Crippen LogP contribution in [-0.2, 0) is 0 Å². The van der Waals surface area contributed by atoms with Crippen LogP contribution in [0.4, 0.5) is 10.1 Å². The summed E-state index contributed by atoms with van der Waals surface area (Å²) in [7, 11) is 0. The van der Waals surface area contributed by atoms with Gasteiger partial charge in [-0.05, 0) is 29.3 Å². The molecular formula is C27H18FN3O. The van der Waals surface area contributed by atoms with E-state index in [1.807, 2.05) is 42.5 Å². The molecule has 5 heteroatoms. The van der Waals surface area contributed by atoms with Gasteiger partial charge in [-0.2, -0.15) is 10.5 Å². The van der Waals surface area contributed by atoms with Gasteiger partial charge < -0.3 is 4.90 Å². The Hall–Kier alpha value is -4.22. The zero-order chi connectivity index (χ0) is 22.3. The first kappa shape index (κ1) is 19.7. The lowest BCUT2D eigenvalue weighted by molar-refractivity contribution is 0.0906. The van der Waals surface area contributed by atoms with Crippen molar-refractivity contribution in [1.29, 1.82) is 10.5 Å². The molecule has 32 heavy (non-hydrogen) atoms. The van der Waals surface area contributed by atoms with Crippen molar-refractivity contribution in [1.82, 2.24) is 0 Å². The van der Waals surface area contributed by atoms with Gasteiger partial charge in [0.05, 0.1) is 12.0 Å². The fraction of sp³-hybridized carbons (Fsp3) is 0.148. The van der Waals surface area contributed by atoms with Crippen LogP contribution in [0, 0.1) is 34.4 Å². The maximum atomic E-state index is 13.8. The molecular weight excluding hydrogens is 401 g/mol. The van der Waals surface area contributed by atoms with E-state index in [1.165, 1.54) is 12.1 Å². The quantitative estimate of drug-likeness (QED) is 0.553. The Bertz CT molecular complexity index is 1290. The third-order valence-corrected chi connectivity index (χ3v) is 6.46. The summed E-state index contributed by atoms with van der Waals surface area (Å²) in [6.45, 7) is 0. The third kappa shape index (κ3) is 2.76. The number of ketones is 1. The number of fused-ring (bicyclic) bond motifs is 3. The van der Waals surface area contributed by atoms with E-state index < -0.39 is 29.2 Å². The third-order valence-electron chi connectivity index (χ3n) is 6.46. The number of carbonyl (C=O) groups is 1. The molecule has 0 bridgehead atoms. The van der Waals surface area contributed by atoms with Gasteiger partial charge in [0, 0.05) is 17.2 Å². The molecule has 154 valence electrons. The highest BCUT2D eigenvalue weighted by Crippen LogP contribution is 2.54. The van der Waals surface area contributed by atoms with Gasteiger partial charge in [0.2, 0.25) is 5.54 Å². The second-order valence-corrected chi connectivity index (χ2v) is 8.05. The van der Waals surface area contributed by atoms with Crippen LogP contribution in [0.15, 0.2) is 84.9 Å². The van der Waals surface area contributed by atoms with Gasteiger partial charge in [-0.1, -0.05) is 72.8 Å². The molecule has 3 atom stereocenters. The van der Waals surface area contributed by atoms with Crippen LogP contribution in [0.2, 0.25) is 0 Å². The number of benzene rings is 3. The predicted octanol–water partition coefficient (Wildman–Crippen LogP) is 5.11. The minimum Gasteiger partial charge on any atom is -0.333 e. The van der Waals surface area contributed by atoms with E-state index in [2.05, 4.69) is 12.1 Å². The van der Waals surface area contributed by atoms with E-state index in [1.54, 1.807) is 41.3 Å². The molecule has 3 aromatic rings. The fourth-order valence-corrected chi connectivity index (χ4v) is 5.10. The van der Waals surface area contributed by atoms with Crippen molar-refractivity contribution in [2.24, 2.45) is 5.92 Å². The Morgan fingerprint density at radius 3 is 2.25 bits per heavy atom. The standard InChI is InChI=1S/C27H18FN3O/c28-21-13-10-19(11-14-21)25-24(26(32)20-7-2-1-3-8-20)23-15-12-18-6-4-5-9-22(18)31(23)27(25,16-29)17-30/h1-15,23-25H/t23-,24+,25+/m0/s1. The van der Waals surface area contributed by atoms with Crippen molar-refractivity contribution in [2.75, 3.05) is 4.90 Å². The van der Waals surface area contributed by atoms with Gasteiger partial charge in [0.1, 0.15) is 18.0 Å². The highest BCUT2D eigenvalue weighted by molar-refractivity contribution is 6.01. The molecule has 0 spiro atoms. The average molecular weight is 419 g/mol. The summed E-state index contributed by atoms with van der Waals surface area (Å²) in [5.74, 6) is -2.04. The molecule has 2 aliphatic rings. The van der Waals surface area contributed by atoms with Gasteiger partial charge in [-0.3, -0.25) is 4.79 Å². The number of hydrogen-bond donors (Lipinski definition) is 0. The largest absolute Gasteiger partial charge is 0.333 e. The maximum absolute atomic E-state index is 13.8. The summed E-state index contributed by atoms with van der Waals surface area (Å²) >= 11 is 0. The number of halogens is 1. The first-order valence-corrected chi connectivity index (χ1v) is 10.3. The van der Waals surface area contributed by atoms with E-state index in [9.17, 15) is 19.7 Å². The smallest absolute Gasteiger partial charge is 0.223 e. The molecule has 4 nitrogen and oxygen atoms in total. The molecule has 1 saturated heterocycles. The van der Waals surface area contributed by atoms with Crippen molar-refractivity contribution in [3.63, 3.8) is 0 Å². The van der Waals surface area contributed by atoms with Crippen LogP contribution >= 0.6 is 0 Å². The SMILES string of the molecule is N#CC1(C#N)[C@H](c2ccc(F)cc2)[C@H](C(=O)c2ccccc2)[C@@H]2C=Cc3ccccc3N21. The Kier molecular flexibility index (Phi) is 4.61. The number of rotatable bonds is 3. The summed E-state index contributed by atoms with van der Waals surface area (Å²) in [6.07, 6.45) is 3.84. The molecule has 0 unspecified atom stereocenters. The first-order chi connectivity index (χ1) is 15.6. The molecule has 0 N–H and O–H groups in total. The predicted molar refractivity (Wildman–Crippen MR) is 119 cm³/mol. The van der Waals surface area contributed by atoms with E-state index >= 15 is 0 Å². The number of hydrogen-bond acceptors (Lipinski definition) is 4. The maximum Gasteiger partial charge on any atom is 0.223 e. The Balaban J connectivity index is 1.78. The number of nitriles is 2. The van der Waals surface area contributed by atoms with E-state index in [4.69, 9.17) is 0 Å². The zero-order valence-corrected chi connectivity index (χ0v) is 17.0. The van der Waals surface area contributed by atoms with E-state index in [0.717, 1.165) is 11.3 Å². The molecule has 0 radical (unpaired) electrons.